The van der Waals surface area contributed by atoms with Gasteiger partial charge in [0.15, 0.2) is 0 Å². The minimum atomic E-state index is -0.497. The van der Waals surface area contributed by atoms with Gasteiger partial charge in [0, 0.05) is 6.42 Å². The van der Waals surface area contributed by atoms with Crippen molar-refractivity contribution in [1.82, 2.24) is 5.32 Å². The molecule has 1 amide bonds. The van der Waals surface area contributed by atoms with E-state index in [1.165, 1.54) is 44.9 Å². The zero-order valence-electron chi connectivity index (χ0n) is 15.9. The van der Waals surface area contributed by atoms with Crippen LogP contribution in [0.3, 0.4) is 0 Å². The van der Waals surface area contributed by atoms with E-state index in [1.54, 1.807) is 18.7 Å². The first kappa shape index (κ1) is 23.3. The highest BCUT2D eigenvalue weighted by atomic mass is 32.2. The fourth-order valence-corrected chi connectivity index (χ4v) is 3.06. The summed E-state index contributed by atoms with van der Waals surface area (Å²) < 4.78 is 5.04. The Morgan fingerprint density at radius 3 is 2.08 bits per heavy atom. The molecule has 0 aromatic heterocycles. The summed E-state index contributed by atoms with van der Waals surface area (Å²) in [6.45, 7) is 4.37. The molecule has 1 unspecified atom stereocenters. The maximum absolute atomic E-state index is 12.0. The van der Waals surface area contributed by atoms with Crippen molar-refractivity contribution in [2.24, 2.45) is 0 Å². The molecular formula is C19H37NO3S. The molecule has 0 aliphatic heterocycles. The molecule has 0 aliphatic carbocycles. The second-order valence-electron chi connectivity index (χ2n) is 6.23. The number of unbranched alkanes of at least 4 members (excludes halogenated alkanes) is 8. The van der Waals surface area contributed by atoms with Gasteiger partial charge in [-0.15, -0.1) is 0 Å². The van der Waals surface area contributed by atoms with E-state index in [4.69, 9.17) is 4.74 Å². The van der Waals surface area contributed by atoms with E-state index >= 15 is 0 Å². The van der Waals surface area contributed by atoms with E-state index < -0.39 is 6.04 Å². The largest absolute Gasteiger partial charge is 0.464 e. The number of carbonyl (C=O) groups is 2. The average molecular weight is 360 g/mol. The van der Waals surface area contributed by atoms with Gasteiger partial charge in [-0.05, 0) is 31.8 Å². The molecule has 0 radical (unpaired) electrons. The number of rotatable bonds is 16. The van der Waals surface area contributed by atoms with Crippen LogP contribution in [0, 0.1) is 0 Å². The van der Waals surface area contributed by atoms with Gasteiger partial charge in [-0.25, -0.2) is 4.79 Å². The topological polar surface area (TPSA) is 55.4 Å². The summed E-state index contributed by atoms with van der Waals surface area (Å²) in [6, 6.07) is -0.497. The van der Waals surface area contributed by atoms with Gasteiger partial charge in [0.05, 0.1) is 6.61 Å². The molecule has 0 heterocycles. The molecule has 0 aliphatic rings. The molecule has 0 saturated heterocycles. The summed E-state index contributed by atoms with van der Waals surface area (Å²) in [4.78, 5) is 23.9. The molecule has 0 fully saturated rings. The van der Waals surface area contributed by atoms with Crippen LogP contribution >= 0.6 is 11.8 Å². The first-order chi connectivity index (χ1) is 11.7. The molecule has 0 bridgehead atoms. The molecule has 5 heteroatoms. The normalized spacial score (nSPS) is 12.0. The van der Waals surface area contributed by atoms with Gasteiger partial charge < -0.3 is 10.1 Å². The zero-order valence-corrected chi connectivity index (χ0v) is 16.7. The molecule has 142 valence electrons. The summed E-state index contributed by atoms with van der Waals surface area (Å²) in [6.07, 6.45) is 14.2. The summed E-state index contributed by atoms with van der Waals surface area (Å²) in [5, 5.41) is 2.83. The summed E-state index contributed by atoms with van der Waals surface area (Å²) in [5.74, 6) is 0.492. The van der Waals surface area contributed by atoms with E-state index in [2.05, 4.69) is 12.2 Å². The van der Waals surface area contributed by atoms with Gasteiger partial charge in [0.25, 0.3) is 0 Å². The van der Waals surface area contributed by atoms with E-state index in [0.717, 1.165) is 18.6 Å². The van der Waals surface area contributed by atoms with Crippen LogP contribution in [0.1, 0.15) is 84.5 Å². The van der Waals surface area contributed by atoms with Gasteiger partial charge in [-0.2, -0.15) is 11.8 Å². The number of amides is 1. The Hall–Kier alpha value is -0.710. The maximum Gasteiger partial charge on any atom is 0.328 e. The van der Waals surface area contributed by atoms with Crippen LogP contribution < -0.4 is 5.32 Å². The van der Waals surface area contributed by atoms with Crippen LogP contribution in [0.5, 0.6) is 0 Å². The lowest BCUT2D eigenvalue weighted by Crippen LogP contribution is -2.42. The lowest BCUT2D eigenvalue weighted by molar-refractivity contribution is -0.147. The molecule has 0 aromatic rings. The Balaban J connectivity index is 3.77. The molecular weight excluding hydrogens is 322 g/mol. The smallest absolute Gasteiger partial charge is 0.328 e. The molecule has 0 aromatic carbocycles. The van der Waals surface area contributed by atoms with Gasteiger partial charge in [-0.1, -0.05) is 58.3 Å². The second kappa shape index (κ2) is 17.1. The van der Waals surface area contributed by atoms with Crippen molar-refractivity contribution in [3.63, 3.8) is 0 Å². The Bertz CT molecular complexity index is 324. The van der Waals surface area contributed by atoms with Crippen molar-refractivity contribution in [2.75, 3.05) is 18.6 Å². The minimum Gasteiger partial charge on any atom is -0.464 e. The predicted octanol–water partition coefficient (Wildman–Crippen LogP) is 4.71. The molecule has 1 atom stereocenters. The third-order valence-electron chi connectivity index (χ3n) is 4.02. The summed E-state index contributed by atoms with van der Waals surface area (Å²) >= 11 is 1.67. The van der Waals surface area contributed by atoms with Crippen molar-refractivity contribution < 1.29 is 14.3 Å². The first-order valence-corrected chi connectivity index (χ1v) is 11.0. The Kier molecular flexibility index (Phi) is 16.6. The van der Waals surface area contributed by atoms with Crippen molar-refractivity contribution in [1.29, 1.82) is 0 Å². The standard InChI is InChI=1S/C19H37NO3S/c1-4-6-7-8-9-10-11-12-13-14-18(21)20-17(15-16-24-3)19(22)23-5-2/h17H,4-16H2,1-3H3,(H,20,21). The minimum absolute atomic E-state index is 0.0305. The van der Waals surface area contributed by atoms with Gasteiger partial charge in [0.2, 0.25) is 5.91 Å². The number of carbonyl (C=O) groups excluding carboxylic acids is 2. The van der Waals surface area contributed by atoms with E-state index in [0.29, 0.717) is 19.4 Å². The highest BCUT2D eigenvalue weighted by Crippen LogP contribution is 2.11. The highest BCUT2D eigenvalue weighted by molar-refractivity contribution is 7.98. The fraction of sp³-hybridized carbons (Fsp3) is 0.895. The quantitative estimate of drug-likeness (QED) is 0.320. The van der Waals surface area contributed by atoms with Gasteiger partial charge in [-0.3, -0.25) is 4.79 Å². The Labute approximate surface area is 152 Å². The number of nitrogens with one attached hydrogen (secondary N) is 1. The van der Waals surface area contributed by atoms with Crippen LogP contribution in [-0.2, 0) is 14.3 Å². The molecule has 0 saturated carbocycles. The lowest BCUT2D eigenvalue weighted by atomic mass is 10.1. The third-order valence-corrected chi connectivity index (χ3v) is 4.67. The second-order valence-corrected chi connectivity index (χ2v) is 7.22. The lowest BCUT2D eigenvalue weighted by Gasteiger charge is -2.16. The van der Waals surface area contributed by atoms with Crippen LogP contribution in [-0.4, -0.2) is 36.5 Å². The Morgan fingerprint density at radius 1 is 0.958 bits per heavy atom. The first-order valence-electron chi connectivity index (χ1n) is 9.60. The summed E-state index contributed by atoms with van der Waals surface area (Å²) in [5.41, 5.74) is 0. The monoisotopic (exact) mass is 359 g/mol. The van der Waals surface area contributed by atoms with Crippen LogP contribution in [0.15, 0.2) is 0 Å². The van der Waals surface area contributed by atoms with Crippen LogP contribution in [0.2, 0.25) is 0 Å². The fourth-order valence-electron chi connectivity index (χ4n) is 2.59. The zero-order chi connectivity index (χ0) is 18.0. The predicted molar refractivity (Wildman–Crippen MR) is 103 cm³/mol. The highest BCUT2D eigenvalue weighted by Gasteiger charge is 2.21. The molecule has 1 N–H and O–H groups in total. The maximum atomic E-state index is 12.0. The van der Waals surface area contributed by atoms with Gasteiger partial charge in [0.1, 0.15) is 6.04 Å². The van der Waals surface area contributed by atoms with Crippen molar-refractivity contribution in [3.8, 4) is 0 Å². The van der Waals surface area contributed by atoms with Gasteiger partial charge >= 0.3 is 5.97 Å². The van der Waals surface area contributed by atoms with Crippen molar-refractivity contribution >= 4 is 23.6 Å². The average Bonchev–Trinajstić information content (AvgIpc) is 2.57. The Morgan fingerprint density at radius 2 is 1.54 bits per heavy atom. The summed E-state index contributed by atoms with van der Waals surface area (Å²) in [7, 11) is 0. The van der Waals surface area contributed by atoms with E-state index in [9.17, 15) is 9.59 Å². The number of ether oxygens (including phenoxy) is 1. The molecule has 24 heavy (non-hydrogen) atoms. The number of esters is 1. The van der Waals surface area contributed by atoms with E-state index in [-0.39, 0.29) is 11.9 Å². The number of hydrogen-bond acceptors (Lipinski definition) is 4. The van der Waals surface area contributed by atoms with E-state index in [1.807, 2.05) is 6.26 Å². The molecule has 0 rings (SSSR count). The molecule has 0 spiro atoms. The van der Waals surface area contributed by atoms with Crippen LogP contribution in [0.4, 0.5) is 0 Å². The van der Waals surface area contributed by atoms with Crippen LogP contribution in [0.25, 0.3) is 0 Å². The van der Waals surface area contributed by atoms with Crippen molar-refractivity contribution in [3.05, 3.63) is 0 Å². The van der Waals surface area contributed by atoms with Crippen molar-refractivity contribution in [2.45, 2.75) is 90.5 Å². The SMILES string of the molecule is CCCCCCCCCCCC(=O)NC(CCSC)C(=O)OCC. The molecule has 4 nitrogen and oxygen atoms in total. The number of hydrogen-bond donors (Lipinski definition) is 1. The number of thioether (sulfide) groups is 1. The third kappa shape index (κ3) is 13.7.